The summed E-state index contributed by atoms with van der Waals surface area (Å²) in [6.07, 6.45) is 6.04. The molecule has 0 heteroatoms. The molecule has 0 saturated heterocycles. The van der Waals surface area contributed by atoms with E-state index in [1.165, 1.54) is 32.1 Å². The first-order valence-electron chi connectivity index (χ1n) is 6.55. The molecule has 0 bridgehead atoms. The van der Waals surface area contributed by atoms with Gasteiger partial charge in [-0.25, -0.2) is 0 Å². The molecule has 0 atom stereocenters. The second-order valence-electron chi connectivity index (χ2n) is 4.16. The molecule has 15 heavy (non-hydrogen) atoms. The quantitative estimate of drug-likeness (QED) is 0.577. The van der Waals surface area contributed by atoms with Gasteiger partial charge in [0, 0.05) is 5.92 Å². The van der Waals surface area contributed by atoms with Crippen LogP contribution in [0.2, 0.25) is 0 Å². The molecule has 85 valence electrons. The van der Waals surface area contributed by atoms with Crippen molar-refractivity contribution < 1.29 is 0 Å². The molecule has 0 aromatic heterocycles. The highest BCUT2D eigenvalue weighted by Crippen LogP contribution is 2.45. The van der Waals surface area contributed by atoms with Crippen LogP contribution in [0.25, 0.3) is 0 Å². The maximum Gasteiger partial charge on any atom is 0.0260 e. The fourth-order valence-electron chi connectivity index (χ4n) is 3.04. The second-order valence-corrected chi connectivity index (χ2v) is 4.16. The molecule has 0 unspecified atom stereocenters. The van der Waals surface area contributed by atoms with Crippen LogP contribution in [0.4, 0.5) is 0 Å². The summed E-state index contributed by atoms with van der Waals surface area (Å²) in [5.74, 6) is 1.66. The van der Waals surface area contributed by atoms with Crippen LogP contribution in [0.5, 0.6) is 0 Å². The molecule has 0 aromatic carbocycles. The molecule has 1 aliphatic carbocycles. The molecule has 0 nitrogen and oxygen atoms in total. The van der Waals surface area contributed by atoms with E-state index < -0.39 is 0 Å². The topological polar surface area (TPSA) is 0 Å². The monoisotopic (exact) mass is 205 g/mol. The summed E-state index contributed by atoms with van der Waals surface area (Å²) in [5, 5.41) is 0. The van der Waals surface area contributed by atoms with E-state index in [1.54, 1.807) is 28.2 Å². The lowest BCUT2D eigenvalue weighted by molar-refractivity contribution is 0.879. The van der Waals surface area contributed by atoms with E-state index in [1.807, 2.05) is 0 Å². The Labute approximate surface area is 95.5 Å². The van der Waals surface area contributed by atoms with Crippen molar-refractivity contribution >= 4 is 0 Å². The van der Waals surface area contributed by atoms with Gasteiger partial charge in [-0.1, -0.05) is 45.8 Å². The SMILES string of the molecule is CC[C]1C(CC)=C(CC)C(CC)=C1CC. The molecule has 0 amide bonds. The predicted molar refractivity (Wildman–Crippen MR) is 68.8 cm³/mol. The number of hydrogen-bond acceptors (Lipinski definition) is 0. The van der Waals surface area contributed by atoms with Gasteiger partial charge in [0.2, 0.25) is 0 Å². The van der Waals surface area contributed by atoms with Gasteiger partial charge in [-0.05, 0) is 43.3 Å². The Kier molecular flexibility index (Phi) is 4.63. The predicted octanol–water partition coefficient (Wildman–Crippen LogP) is 5.22. The van der Waals surface area contributed by atoms with Gasteiger partial charge in [0.05, 0.1) is 0 Å². The molecule has 1 aliphatic rings. The van der Waals surface area contributed by atoms with Crippen molar-refractivity contribution in [2.75, 3.05) is 0 Å². The lowest BCUT2D eigenvalue weighted by Crippen LogP contribution is -1.99. The van der Waals surface area contributed by atoms with Gasteiger partial charge in [0.15, 0.2) is 0 Å². The molecule has 0 heterocycles. The highest BCUT2D eigenvalue weighted by Gasteiger charge is 2.28. The van der Waals surface area contributed by atoms with Crippen LogP contribution >= 0.6 is 0 Å². The van der Waals surface area contributed by atoms with Crippen molar-refractivity contribution in [3.63, 3.8) is 0 Å². The normalized spacial score (nSPS) is 18.2. The highest BCUT2D eigenvalue weighted by molar-refractivity contribution is 5.59. The largest absolute Gasteiger partial charge is 0.0642 e. The molecule has 0 N–H and O–H groups in total. The molecule has 0 fully saturated rings. The lowest BCUT2D eigenvalue weighted by atomic mass is 9.89. The molecule has 1 radical (unpaired) electrons. The Balaban J connectivity index is 3.17. The zero-order valence-corrected chi connectivity index (χ0v) is 11.0. The lowest BCUT2D eigenvalue weighted by Gasteiger charge is -2.15. The maximum atomic E-state index is 2.30. The Hall–Kier alpha value is -0.520. The van der Waals surface area contributed by atoms with E-state index in [4.69, 9.17) is 0 Å². The van der Waals surface area contributed by atoms with Crippen LogP contribution in [-0.4, -0.2) is 0 Å². The third-order valence-electron chi connectivity index (χ3n) is 3.59. The molecule has 0 saturated carbocycles. The number of hydrogen-bond donors (Lipinski definition) is 0. The fraction of sp³-hybridized carbons (Fsp3) is 0.667. The van der Waals surface area contributed by atoms with Crippen molar-refractivity contribution in [1.29, 1.82) is 0 Å². The minimum absolute atomic E-state index is 1.21. The first-order valence-corrected chi connectivity index (χ1v) is 6.55. The van der Waals surface area contributed by atoms with Crippen molar-refractivity contribution in [2.45, 2.75) is 66.7 Å². The van der Waals surface area contributed by atoms with E-state index >= 15 is 0 Å². The zero-order chi connectivity index (χ0) is 11.4. The van der Waals surface area contributed by atoms with Gasteiger partial charge in [-0.2, -0.15) is 0 Å². The Bertz CT molecular complexity index is 250. The average molecular weight is 205 g/mol. The maximum absolute atomic E-state index is 2.30. The molecular weight excluding hydrogens is 180 g/mol. The summed E-state index contributed by atoms with van der Waals surface area (Å²) in [4.78, 5) is 0. The summed E-state index contributed by atoms with van der Waals surface area (Å²) in [6, 6.07) is 0. The smallest absolute Gasteiger partial charge is 0.0260 e. The van der Waals surface area contributed by atoms with Gasteiger partial charge in [-0.15, -0.1) is 0 Å². The summed E-state index contributed by atoms with van der Waals surface area (Å²) >= 11 is 0. The van der Waals surface area contributed by atoms with Gasteiger partial charge >= 0.3 is 0 Å². The Morgan fingerprint density at radius 3 is 1.00 bits per heavy atom. The average Bonchev–Trinajstić information content (AvgIpc) is 2.59. The van der Waals surface area contributed by atoms with Crippen LogP contribution in [0.3, 0.4) is 0 Å². The van der Waals surface area contributed by atoms with E-state index in [0.29, 0.717) is 0 Å². The summed E-state index contributed by atoms with van der Waals surface area (Å²) < 4.78 is 0. The van der Waals surface area contributed by atoms with E-state index in [9.17, 15) is 0 Å². The van der Waals surface area contributed by atoms with Gasteiger partial charge < -0.3 is 0 Å². The Morgan fingerprint density at radius 1 is 0.467 bits per heavy atom. The number of allylic oxidation sites excluding steroid dienone is 4. The second kappa shape index (κ2) is 5.53. The van der Waals surface area contributed by atoms with Crippen molar-refractivity contribution in [1.82, 2.24) is 0 Å². The first kappa shape index (κ1) is 12.5. The first-order chi connectivity index (χ1) is 7.24. The van der Waals surface area contributed by atoms with Crippen LogP contribution in [0.1, 0.15) is 66.7 Å². The van der Waals surface area contributed by atoms with Gasteiger partial charge in [-0.3, -0.25) is 0 Å². The minimum Gasteiger partial charge on any atom is -0.0642 e. The van der Waals surface area contributed by atoms with Crippen molar-refractivity contribution in [3.05, 3.63) is 28.2 Å². The molecular formula is C15H25. The van der Waals surface area contributed by atoms with Gasteiger partial charge in [0.25, 0.3) is 0 Å². The molecule has 0 aromatic rings. The summed E-state index contributed by atoms with van der Waals surface area (Å²) in [7, 11) is 0. The van der Waals surface area contributed by atoms with Crippen molar-refractivity contribution in [3.8, 4) is 0 Å². The fourth-order valence-corrected chi connectivity index (χ4v) is 3.04. The van der Waals surface area contributed by atoms with Crippen LogP contribution < -0.4 is 0 Å². The third-order valence-corrected chi connectivity index (χ3v) is 3.59. The van der Waals surface area contributed by atoms with Crippen LogP contribution in [0, 0.1) is 5.92 Å². The third kappa shape index (κ3) is 2.04. The standard InChI is InChI=1S/C15H25/c1-6-11-12(7-2)14(9-4)15(10-5)13(11)8-3/h6-10H2,1-5H3. The summed E-state index contributed by atoms with van der Waals surface area (Å²) in [6.45, 7) is 11.5. The number of rotatable bonds is 5. The van der Waals surface area contributed by atoms with Crippen molar-refractivity contribution in [2.24, 2.45) is 0 Å². The zero-order valence-electron chi connectivity index (χ0n) is 11.0. The molecule has 1 rings (SSSR count). The highest BCUT2D eigenvalue weighted by atomic mass is 14.3. The van der Waals surface area contributed by atoms with E-state index in [-0.39, 0.29) is 0 Å². The van der Waals surface area contributed by atoms with E-state index in [2.05, 4.69) is 34.6 Å². The molecule has 0 spiro atoms. The van der Waals surface area contributed by atoms with Gasteiger partial charge in [0.1, 0.15) is 0 Å². The summed E-state index contributed by atoms with van der Waals surface area (Å²) in [5.41, 5.74) is 6.64. The minimum atomic E-state index is 1.21. The Morgan fingerprint density at radius 2 is 0.800 bits per heavy atom. The van der Waals surface area contributed by atoms with Crippen LogP contribution in [-0.2, 0) is 0 Å². The van der Waals surface area contributed by atoms with Crippen LogP contribution in [0.15, 0.2) is 22.3 Å². The van der Waals surface area contributed by atoms with E-state index in [0.717, 1.165) is 0 Å². The molecule has 0 aliphatic heterocycles.